The first-order chi connectivity index (χ1) is 10.9. The summed E-state index contributed by atoms with van der Waals surface area (Å²) in [7, 11) is 0. The summed E-state index contributed by atoms with van der Waals surface area (Å²) in [5.41, 5.74) is 0. The zero-order valence-electron chi connectivity index (χ0n) is 11.9. The molecule has 23 heavy (non-hydrogen) atoms. The predicted molar refractivity (Wildman–Crippen MR) is 78.5 cm³/mol. The summed E-state index contributed by atoms with van der Waals surface area (Å²) in [6, 6.07) is 12.3. The second kappa shape index (κ2) is 7.28. The third kappa shape index (κ3) is 5.01. The van der Waals surface area contributed by atoms with Gasteiger partial charge in [-0.15, -0.1) is 0 Å². The lowest BCUT2D eigenvalue weighted by atomic mass is 10.2. The van der Waals surface area contributed by atoms with Crippen LogP contribution in [0.2, 0.25) is 0 Å². The van der Waals surface area contributed by atoms with Crippen molar-refractivity contribution in [1.82, 2.24) is 0 Å². The van der Waals surface area contributed by atoms with Crippen molar-refractivity contribution in [2.24, 2.45) is 0 Å². The highest BCUT2D eigenvalue weighted by Gasteiger charge is 2.19. The Morgan fingerprint density at radius 1 is 1.00 bits per heavy atom. The molecule has 120 valence electrons. The summed E-state index contributed by atoms with van der Waals surface area (Å²) in [4.78, 5) is 22.0. The normalized spacial score (nSPS) is 11.5. The topological polar surface area (TPSA) is 113 Å². The predicted octanol–water partition coefficient (Wildman–Crippen LogP) is 1.93. The number of esters is 1. The number of hydrogen-bond donors (Lipinski definition) is 3. The van der Waals surface area contributed by atoms with Crippen LogP contribution in [0.5, 0.6) is 23.0 Å². The van der Waals surface area contributed by atoms with Crippen LogP contribution in [0.1, 0.15) is 6.42 Å². The van der Waals surface area contributed by atoms with E-state index >= 15 is 0 Å². The number of carbonyl (C=O) groups excluding carboxylic acids is 1. The Bertz CT molecular complexity index is 711. The smallest absolute Gasteiger partial charge is 0.333 e. The number of benzene rings is 2. The number of aliphatic hydroxyl groups is 1. The van der Waals surface area contributed by atoms with Gasteiger partial charge in [0.2, 0.25) is 0 Å². The maximum Gasteiger partial charge on any atom is 0.333 e. The first-order valence-corrected chi connectivity index (χ1v) is 6.62. The van der Waals surface area contributed by atoms with Crippen LogP contribution in [0, 0.1) is 0 Å². The molecule has 1 unspecified atom stereocenters. The highest BCUT2D eigenvalue weighted by atomic mass is 16.5. The van der Waals surface area contributed by atoms with E-state index in [1.807, 2.05) is 0 Å². The quantitative estimate of drug-likeness (QED) is 0.551. The molecule has 0 aromatic heterocycles. The molecule has 7 heteroatoms. The van der Waals surface area contributed by atoms with Crippen LogP contribution in [0.15, 0.2) is 48.5 Å². The number of carboxylic acid groups (broad SMARTS) is 1. The lowest BCUT2D eigenvalue weighted by Crippen LogP contribution is -2.25. The maximum absolute atomic E-state index is 11.5. The van der Waals surface area contributed by atoms with E-state index in [0.717, 1.165) is 0 Å². The second-order valence-electron chi connectivity index (χ2n) is 4.61. The summed E-state index contributed by atoms with van der Waals surface area (Å²) >= 11 is 0. The summed E-state index contributed by atoms with van der Waals surface area (Å²) in [5.74, 6) is -1.43. The molecule has 0 fully saturated rings. The molecule has 1 atom stereocenters. The van der Waals surface area contributed by atoms with Gasteiger partial charge in [0.1, 0.15) is 23.0 Å². The molecule has 0 amide bonds. The minimum Gasteiger partial charge on any atom is -0.508 e. The Labute approximate surface area is 131 Å². The highest BCUT2D eigenvalue weighted by Crippen LogP contribution is 2.27. The molecule has 0 spiro atoms. The standard InChI is InChI=1S/C16H14O7/c17-10-3-1-4-11(7-10)22-12-5-2-6-13(8-12)23-15(19)9-14(18)16(20)21/h1-8,14,17-18H,9H2,(H,20,21). The van der Waals surface area contributed by atoms with Gasteiger partial charge in [0.25, 0.3) is 0 Å². The third-order valence-corrected chi connectivity index (χ3v) is 2.74. The fraction of sp³-hybridized carbons (Fsp3) is 0.125. The van der Waals surface area contributed by atoms with Crippen LogP contribution < -0.4 is 9.47 Å². The zero-order chi connectivity index (χ0) is 16.8. The molecule has 0 saturated heterocycles. The van der Waals surface area contributed by atoms with E-state index in [-0.39, 0.29) is 11.5 Å². The Kier molecular flexibility index (Phi) is 5.16. The van der Waals surface area contributed by atoms with Crippen molar-refractivity contribution in [3.05, 3.63) is 48.5 Å². The van der Waals surface area contributed by atoms with E-state index in [1.165, 1.54) is 24.3 Å². The van der Waals surface area contributed by atoms with Gasteiger partial charge >= 0.3 is 11.9 Å². The van der Waals surface area contributed by atoms with Crippen LogP contribution in [0.25, 0.3) is 0 Å². The van der Waals surface area contributed by atoms with Gasteiger partial charge in [0.05, 0.1) is 6.42 Å². The van der Waals surface area contributed by atoms with Crippen LogP contribution in [0.3, 0.4) is 0 Å². The lowest BCUT2D eigenvalue weighted by molar-refractivity contribution is -0.152. The second-order valence-corrected chi connectivity index (χ2v) is 4.61. The van der Waals surface area contributed by atoms with Crippen LogP contribution in [-0.4, -0.2) is 33.4 Å². The molecule has 2 aromatic carbocycles. The van der Waals surface area contributed by atoms with Gasteiger partial charge in [0, 0.05) is 12.1 Å². The van der Waals surface area contributed by atoms with Crippen molar-refractivity contribution < 1.29 is 34.4 Å². The molecule has 0 radical (unpaired) electrons. The van der Waals surface area contributed by atoms with Crippen molar-refractivity contribution in [1.29, 1.82) is 0 Å². The molecule has 0 aliphatic carbocycles. The molecule has 0 aliphatic heterocycles. The molecule has 2 aromatic rings. The number of phenolic OH excluding ortho intramolecular Hbond substituents is 1. The van der Waals surface area contributed by atoms with Crippen molar-refractivity contribution in [2.75, 3.05) is 0 Å². The molecule has 7 nitrogen and oxygen atoms in total. The van der Waals surface area contributed by atoms with Crippen molar-refractivity contribution in [2.45, 2.75) is 12.5 Å². The summed E-state index contributed by atoms with van der Waals surface area (Å²) < 4.78 is 10.5. The van der Waals surface area contributed by atoms with Gasteiger partial charge in [-0.05, 0) is 24.3 Å². The Hall–Kier alpha value is -3.06. The van der Waals surface area contributed by atoms with Crippen molar-refractivity contribution >= 4 is 11.9 Å². The van der Waals surface area contributed by atoms with E-state index in [2.05, 4.69) is 0 Å². The molecular formula is C16H14O7. The van der Waals surface area contributed by atoms with E-state index in [9.17, 15) is 14.7 Å². The Morgan fingerprint density at radius 3 is 2.26 bits per heavy atom. The van der Waals surface area contributed by atoms with Gasteiger partial charge in [-0.2, -0.15) is 0 Å². The molecular weight excluding hydrogens is 304 g/mol. The number of phenols is 1. The molecule has 2 rings (SSSR count). The largest absolute Gasteiger partial charge is 0.508 e. The number of aliphatic carboxylic acids is 1. The van der Waals surface area contributed by atoms with Crippen LogP contribution in [-0.2, 0) is 9.59 Å². The number of carbonyl (C=O) groups is 2. The lowest BCUT2D eigenvalue weighted by Gasteiger charge is -2.09. The molecule has 0 saturated carbocycles. The van der Waals surface area contributed by atoms with E-state index < -0.39 is 24.5 Å². The number of carboxylic acids is 1. The minimum atomic E-state index is -1.81. The number of aromatic hydroxyl groups is 1. The average molecular weight is 318 g/mol. The summed E-state index contributed by atoms with van der Waals surface area (Å²) in [6.45, 7) is 0. The Balaban J connectivity index is 2.02. The first-order valence-electron chi connectivity index (χ1n) is 6.62. The molecule has 3 N–H and O–H groups in total. The van der Waals surface area contributed by atoms with Crippen LogP contribution in [0.4, 0.5) is 0 Å². The minimum absolute atomic E-state index is 0.0488. The highest BCUT2D eigenvalue weighted by molar-refractivity contribution is 5.81. The maximum atomic E-state index is 11.5. The van der Waals surface area contributed by atoms with E-state index in [4.69, 9.17) is 19.7 Å². The number of ether oxygens (including phenoxy) is 2. The SMILES string of the molecule is O=C(CC(O)C(=O)O)Oc1cccc(Oc2cccc(O)c2)c1. The number of aliphatic hydroxyl groups excluding tert-OH is 1. The summed E-state index contributed by atoms with van der Waals surface area (Å²) in [6.07, 6.45) is -2.47. The molecule has 0 bridgehead atoms. The number of hydrogen-bond acceptors (Lipinski definition) is 6. The fourth-order valence-corrected chi connectivity index (χ4v) is 1.70. The number of rotatable bonds is 6. The third-order valence-electron chi connectivity index (χ3n) is 2.74. The van der Waals surface area contributed by atoms with Gasteiger partial charge in [-0.1, -0.05) is 12.1 Å². The van der Waals surface area contributed by atoms with E-state index in [0.29, 0.717) is 11.5 Å². The van der Waals surface area contributed by atoms with Gasteiger partial charge in [-0.25, -0.2) is 4.79 Å². The van der Waals surface area contributed by atoms with Crippen LogP contribution >= 0.6 is 0 Å². The van der Waals surface area contributed by atoms with E-state index in [1.54, 1.807) is 24.3 Å². The molecule has 0 heterocycles. The van der Waals surface area contributed by atoms with Gasteiger partial charge in [-0.3, -0.25) is 4.79 Å². The first kappa shape index (κ1) is 16.3. The monoisotopic (exact) mass is 318 g/mol. The van der Waals surface area contributed by atoms with Gasteiger partial charge in [0.15, 0.2) is 6.10 Å². The van der Waals surface area contributed by atoms with Gasteiger partial charge < -0.3 is 24.8 Å². The fourth-order valence-electron chi connectivity index (χ4n) is 1.70. The molecule has 0 aliphatic rings. The summed E-state index contributed by atoms with van der Waals surface area (Å²) in [5, 5.41) is 27.0. The average Bonchev–Trinajstić information content (AvgIpc) is 2.47. The van der Waals surface area contributed by atoms with Crippen molar-refractivity contribution in [3.8, 4) is 23.0 Å². The van der Waals surface area contributed by atoms with Crippen molar-refractivity contribution in [3.63, 3.8) is 0 Å². The Morgan fingerprint density at radius 2 is 1.61 bits per heavy atom. The zero-order valence-corrected chi connectivity index (χ0v) is 11.9.